The van der Waals surface area contributed by atoms with Gasteiger partial charge < -0.3 is 15.4 Å². The highest BCUT2D eigenvalue weighted by atomic mass is 79.9. The van der Waals surface area contributed by atoms with Crippen LogP contribution in [0, 0.1) is 0 Å². The van der Waals surface area contributed by atoms with E-state index in [0.717, 1.165) is 17.7 Å². The zero-order chi connectivity index (χ0) is 15.1. The van der Waals surface area contributed by atoms with E-state index in [4.69, 9.17) is 17.0 Å². The Morgan fingerprint density at radius 1 is 1.29 bits per heavy atom. The Hall–Kier alpha value is -1.73. The maximum absolute atomic E-state index is 5.31. The Kier molecular flexibility index (Phi) is 5.89. The lowest BCUT2D eigenvalue weighted by atomic mass is 10.1. The van der Waals surface area contributed by atoms with E-state index in [-0.39, 0.29) is 0 Å². The van der Waals surface area contributed by atoms with Gasteiger partial charge in [-0.2, -0.15) is 0 Å². The number of benzene rings is 1. The normalized spacial score (nSPS) is 10.0. The molecule has 0 amide bonds. The van der Waals surface area contributed by atoms with Gasteiger partial charge in [0.1, 0.15) is 10.4 Å². The lowest BCUT2D eigenvalue weighted by Gasteiger charge is -2.12. The van der Waals surface area contributed by atoms with Crippen LogP contribution in [0.2, 0.25) is 0 Å². The molecule has 0 spiro atoms. The zero-order valence-corrected chi connectivity index (χ0v) is 13.9. The molecule has 5 nitrogen and oxygen atoms in total. The second-order valence-electron chi connectivity index (χ2n) is 4.14. The van der Waals surface area contributed by atoms with Crippen LogP contribution in [0.15, 0.2) is 41.3 Å². The van der Waals surface area contributed by atoms with Gasteiger partial charge in [-0.15, -0.1) is 0 Å². The van der Waals surface area contributed by atoms with Crippen LogP contribution in [0.25, 0.3) is 0 Å². The fourth-order valence-electron chi connectivity index (χ4n) is 1.78. The van der Waals surface area contributed by atoms with Crippen molar-refractivity contribution in [2.75, 3.05) is 19.0 Å². The monoisotopic (exact) mass is 366 g/mol. The van der Waals surface area contributed by atoms with Crippen LogP contribution in [0.3, 0.4) is 0 Å². The minimum atomic E-state index is 0.506. The number of halogens is 1. The summed E-state index contributed by atoms with van der Waals surface area (Å²) in [7, 11) is 1.67. The van der Waals surface area contributed by atoms with Crippen molar-refractivity contribution in [3.63, 3.8) is 0 Å². The van der Waals surface area contributed by atoms with E-state index in [1.165, 1.54) is 0 Å². The minimum absolute atomic E-state index is 0.506. The van der Waals surface area contributed by atoms with Gasteiger partial charge in [-0.25, -0.2) is 9.97 Å². The topological polar surface area (TPSA) is 59.1 Å². The highest BCUT2D eigenvalue weighted by Crippen LogP contribution is 2.17. The molecule has 2 N–H and O–H groups in total. The van der Waals surface area contributed by atoms with Crippen molar-refractivity contribution in [2.45, 2.75) is 6.42 Å². The van der Waals surface area contributed by atoms with Crippen LogP contribution >= 0.6 is 28.1 Å². The van der Waals surface area contributed by atoms with E-state index in [9.17, 15) is 0 Å². The number of aromatic nitrogens is 2. The molecule has 0 unspecified atom stereocenters. The third kappa shape index (κ3) is 4.64. The standard InChI is InChI=1S/C14H15BrN4OS/c1-20-11-5-3-2-4-10(11)6-7-18-14(21)19-13-12(15)16-8-9-17-13/h2-5,8-9H,6-7H2,1H3,(H2,17,18,19,21). The van der Waals surface area contributed by atoms with Crippen molar-refractivity contribution in [1.29, 1.82) is 0 Å². The maximum Gasteiger partial charge on any atom is 0.172 e. The van der Waals surface area contributed by atoms with Crippen molar-refractivity contribution < 1.29 is 4.74 Å². The zero-order valence-electron chi connectivity index (χ0n) is 11.5. The van der Waals surface area contributed by atoms with Gasteiger partial charge in [0, 0.05) is 18.9 Å². The lowest BCUT2D eigenvalue weighted by molar-refractivity contribution is 0.409. The fourth-order valence-corrected chi connectivity index (χ4v) is 2.30. The molecular formula is C14H15BrN4OS. The van der Waals surface area contributed by atoms with E-state index in [0.29, 0.717) is 22.1 Å². The molecule has 0 aliphatic carbocycles. The van der Waals surface area contributed by atoms with E-state index < -0.39 is 0 Å². The number of rotatable bonds is 5. The van der Waals surface area contributed by atoms with Gasteiger partial charge in [-0.05, 0) is 46.2 Å². The van der Waals surface area contributed by atoms with Crippen LogP contribution in [0.4, 0.5) is 5.82 Å². The van der Waals surface area contributed by atoms with Crippen molar-refractivity contribution in [3.05, 3.63) is 46.8 Å². The predicted octanol–water partition coefficient (Wildman–Crippen LogP) is 2.78. The summed E-state index contributed by atoms with van der Waals surface area (Å²) >= 11 is 8.54. The van der Waals surface area contributed by atoms with Gasteiger partial charge >= 0.3 is 0 Å². The smallest absolute Gasteiger partial charge is 0.172 e. The number of nitrogens with zero attached hydrogens (tertiary/aromatic N) is 2. The fraction of sp³-hybridized carbons (Fsp3) is 0.214. The molecule has 0 fully saturated rings. The molecule has 0 aliphatic rings. The summed E-state index contributed by atoms with van der Waals surface area (Å²) in [5.41, 5.74) is 1.14. The summed E-state index contributed by atoms with van der Waals surface area (Å²) in [6, 6.07) is 7.93. The van der Waals surface area contributed by atoms with E-state index >= 15 is 0 Å². The number of ether oxygens (including phenoxy) is 1. The molecule has 21 heavy (non-hydrogen) atoms. The highest BCUT2D eigenvalue weighted by molar-refractivity contribution is 9.10. The lowest BCUT2D eigenvalue weighted by Crippen LogP contribution is -2.30. The van der Waals surface area contributed by atoms with Crippen LogP contribution in [-0.2, 0) is 6.42 Å². The summed E-state index contributed by atoms with van der Waals surface area (Å²) in [5, 5.41) is 6.63. The molecule has 0 bridgehead atoms. The molecule has 1 aromatic heterocycles. The first kappa shape index (κ1) is 15.7. The van der Waals surface area contributed by atoms with Crippen molar-refractivity contribution in [3.8, 4) is 5.75 Å². The SMILES string of the molecule is COc1ccccc1CCNC(=S)Nc1nccnc1Br. The number of para-hydroxylation sites is 1. The molecule has 0 atom stereocenters. The van der Waals surface area contributed by atoms with Crippen LogP contribution < -0.4 is 15.4 Å². The molecule has 0 saturated carbocycles. The van der Waals surface area contributed by atoms with Crippen LogP contribution in [0.5, 0.6) is 5.75 Å². The third-order valence-electron chi connectivity index (χ3n) is 2.76. The minimum Gasteiger partial charge on any atom is -0.496 e. The molecular weight excluding hydrogens is 352 g/mol. The van der Waals surface area contributed by atoms with Gasteiger partial charge in [0.15, 0.2) is 10.9 Å². The van der Waals surface area contributed by atoms with Gasteiger partial charge in [0.25, 0.3) is 0 Å². The molecule has 0 radical (unpaired) electrons. The highest BCUT2D eigenvalue weighted by Gasteiger charge is 2.05. The second kappa shape index (κ2) is 7.90. The molecule has 0 aliphatic heterocycles. The number of hydrogen-bond donors (Lipinski definition) is 2. The summed E-state index contributed by atoms with van der Waals surface area (Å²) in [4.78, 5) is 8.21. The van der Waals surface area contributed by atoms with E-state index in [1.807, 2.05) is 24.3 Å². The number of anilines is 1. The predicted molar refractivity (Wildman–Crippen MR) is 90.7 cm³/mol. The first-order valence-electron chi connectivity index (χ1n) is 6.34. The number of hydrogen-bond acceptors (Lipinski definition) is 4. The summed E-state index contributed by atoms with van der Waals surface area (Å²) < 4.78 is 5.94. The molecule has 2 aromatic rings. The molecule has 1 aromatic carbocycles. The summed E-state index contributed by atoms with van der Waals surface area (Å²) in [5.74, 6) is 1.47. The molecule has 1 heterocycles. The van der Waals surface area contributed by atoms with Crippen molar-refractivity contribution >= 4 is 39.1 Å². The molecule has 7 heteroatoms. The summed E-state index contributed by atoms with van der Waals surface area (Å²) in [6.45, 7) is 0.698. The summed E-state index contributed by atoms with van der Waals surface area (Å²) in [6.07, 6.45) is 4.02. The Morgan fingerprint density at radius 2 is 2.05 bits per heavy atom. The first-order valence-corrected chi connectivity index (χ1v) is 7.54. The van der Waals surface area contributed by atoms with Crippen molar-refractivity contribution in [2.24, 2.45) is 0 Å². The average Bonchev–Trinajstić information content (AvgIpc) is 2.50. The third-order valence-corrected chi connectivity index (χ3v) is 3.58. The van der Waals surface area contributed by atoms with Gasteiger partial charge in [0.2, 0.25) is 0 Å². The first-order chi connectivity index (χ1) is 10.2. The number of methoxy groups -OCH3 is 1. The Morgan fingerprint density at radius 3 is 2.81 bits per heavy atom. The quantitative estimate of drug-likeness (QED) is 0.793. The van der Waals surface area contributed by atoms with Crippen molar-refractivity contribution in [1.82, 2.24) is 15.3 Å². The van der Waals surface area contributed by atoms with Gasteiger partial charge in [-0.3, -0.25) is 0 Å². The Labute approximate surface area is 137 Å². The van der Waals surface area contributed by atoms with E-state index in [2.05, 4.69) is 36.5 Å². The Bertz CT molecular complexity index is 623. The largest absolute Gasteiger partial charge is 0.496 e. The average molecular weight is 367 g/mol. The van der Waals surface area contributed by atoms with E-state index in [1.54, 1.807) is 19.5 Å². The molecule has 2 rings (SSSR count). The Balaban J connectivity index is 1.83. The molecule has 0 saturated heterocycles. The van der Waals surface area contributed by atoms with Gasteiger partial charge in [-0.1, -0.05) is 18.2 Å². The number of nitrogens with one attached hydrogen (secondary N) is 2. The number of thiocarbonyl (C=S) groups is 1. The molecule has 110 valence electrons. The van der Waals surface area contributed by atoms with Crippen LogP contribution in [-0.4, -0.2) is 28.7 Å². The maximum atomic E-state index is 5.31. The van der Waals surface area contributed by atoms with Crippen LogP contribution in [0.1, 0.15) is 5.56 Å². The second-order valence-corrected chi connectivity index (χ2v) is 5.30. The van der Waals surface area contributed by atoms with Gasteiger partial charge in [0.05, 0.1) is 7.11 Å².